The Morgan fingerprint density at radius 2 is 1.93 bits per heavy atom. The van der Waals surface area contributed by atoms with Gasteiger partial charge in [0, 0.05) is 25.8 Å². The maximum atomic E-state index is 13.4. The van der Waals surface area contributed by atoms with Crippen LogP contribution in [0.15, 0.2) is 36.5 Å². The number of pyridine rings is 1. The molecule has 1 amide bonds. The number of hydrogen-bond acceptors (Lipinski definition) is 10. The number of methoxy groups -OCH3 is 1. The van der Waals surface area contributed by atoms with Gasteiger partial charge in [-0.3, -0.25) is 9.59 Å². The molecule has 2 heterocycles. The Hall–Kier alpha value is -3.93. The molecule has 0 unspecified atom stereocenters. The first-order chi connectivity index (χ1) is 19.2. The minimum absolute atomic E-state index is 0.0469. The van der Waals surface area contributed by atoms with Crippen LogP contribution in [0.4, 0.5) is 4.39 Å². The summed E-state index contributed by atoms with van der Waals surface area (Å²) >= 11 is 0. The third kappa shape index (κ3) is 8.54. The lowest BCUT2D eigenvalue weighted by Gasteiger charge is -2.31. The molecule has 0 saturated carbocycles. The van der Waals surface area contributed by atoms with Gasteiger partial charge in [-0.2, -0.15) is 0 Å². The largest absolute Gasteiger partial charge is 0.493 e. The molecule has 3 rings (SSSR count). The summed E-state index contributed by atoms with van der Waals surface area (Å²) in [5, 5.41) is 2.68. The molecule has 0 radical (unpaired) electrons. The normalized spacial score (nSPS) is 21.2. The van der Waals surface area contributed by atoms with Crippen molar-refractivity contribution in [2.24, 2.45) is 0 Å². The summed E-state index contributed by atoms with van der Waals surface area (Å²) in [6.45, 7) is 4.84. The third-order valence-corrected chi connectivity index (χ3v) is 6.09. The zero-order chi connectivity index (χ0) is 29.1. The second-order valence-electron chi connectivity index (χ2n) is 9.13. The Morgan fingerprint density at radius 3 is 2.60 bits per heavy atom. The number of esters is 2. The van der Waals surface area contributed by atoms with Gasteiger partial charge in [0.05, 0.1) is 7.11 Å². The highest BCUT2D eigenvalue weighted by molar-refractivity contribution is 5.98. The summed E-state index contributed by atoms with van der Waals surface area (Å²) in [6, 6.07) is 6.15. The molecule has 1 aromatic carbocycles. The number of benzene rings is 1. The predicted octanol–water partition coefficient (Wildman–Crippen LogP) is 3.59. The Balaban J connectivity index is 1.78. The number of amides is 1. The van der Waals surface area contributed by atoms with E-state index in [2.05, 4.69) is 10.3 Å². The summed E-state index contributed by atoms with van der Waals surface area (Å²) in [4.78, 5) is 41.6. The number of nitrogens with zero attached hydrogens (tertiary/aromatic N) is 1. The van der Waals surface area contributed by atoms with Crippen molar-refractivity contribution in [2.75, 3.05) is 20.5 Å². The summed E-state index contributed by atoms with van der Waals surface area (Å²) in [6.07, 6.45) is 1.51. The minimum Gasteiger partial charge on any atom is -0.493 e. The van der Waals surface area contributed by atoms with E-state index in [1.54, 1.807) is 6.92 Å². The van der Waals surface area contributed by atoms with Crippen molar-refractivity contribution in [3.63, 3.8) is 0 Å². The van der Waals surface area contributed by atoms with E-state index in [9.17, 15) is 18.8 Å². The number of carbonyl (C=O) groups is 3. The van der Waals surface area contributed by atoms with Gasteiger partial charge < -0.3 is 33.7 Å². The van der Waals surface area contributed by atoms with Gasteiger partial charge in [0.2, 0.25) is 6.79 Å². The molecule has 4 atom stereocenters. The molecule has 11 nitrogen and oxygen atoms in total. The van der Waals surface area contributed by atoms with Gasteiger partial charge in [-0.25, -0.2) is 14.2 Å². The van der Waals surface area contributed by atoms with Gasteiger partial charge in [0.15, 0.2) is 17.2 Å². The lowest BCUT2D eigenvalue weighted by Crippen LogP contribution is -2.46. The van der Waals surface area contributed by atoms with E-state index < -0.39 is 49.0 Å². The number of hydrogen-bond donors (Lipinski definition) is 1. The number of halogens is 1. The van der Waals surface area contributed by atoms with Crippen LogP contribution in [-0.2, 0) is 23.8 Å². The summed E-state index contributed by atoms with van der Waals surface area (Å²) in [5.41, 5.74) is -0.158. The van der Waals surface area contributed by atoms with Crippen molar-refractivity contribution in [2.45, 2.75) is 70.8 Å². The second-order valence-corrected chi connectivity index (χ2v) is 9.13. The second kappa shape index (κ2) is 15.0. The van der Waals surface area contributed by atoms with E-state index in [1.165, 1.54) is 50.6 Å². The van der Waals surface area contributed by atoms with Crippen LogP contribution in [0.1, 0.15) is 56.9 Å². The number of rotatable bonds is 11. The van der Waals surface area contributed by atoms with Crippen LogP contribution in [0.5, 0.6) is 17.2 Å². The fourth-order valence-electron chi connectivity index (χ4n) is 4.17. The fourth-order valence-corrected chi connectivity index (χ4v) is 4.17. The van der Waals surface area contributed by atoms with E-state index in [0.717, 1.165) is 6.42 Å². The first-order valence-electron chi connectivity index (χ1n) is 13.1. The van der Waals surface area contributed by atoms with Crippen molar-refractivity contribution in [1.29, 1.82) is 0 Å². The molecule has 40 heavy (non-hydrogen) atoms. The van der Waals surface area contributed by atoms with Crippen molar-refractivity contribution in [3.8, 4) is 17.2 Å². The number of aromatic nitrogens is 1. The topological polar surface area (TPSA) is 132 Å². The van der Waals surface area contributed by atoms with E-state index in [0.29, 0.717) is 25.2 Å². The Kier molecular flexibility index (Phi) is 11.5. The van der Waals surface area contributed by atoms with Crippen molar-refractivity contribution in [1.82, 2.24) is 10.3 Å². The SMILES string of the molecule is CCCO[C@H]1[C@H](C)OC(=O)[C@@H](NC(=O)c2nccc(OC)c2OCOC(C)=O)CCC[C@@H]1Oc1ccc(F)cc1. The van der Waals surface area contributed by atoms with E-state index in [1.807, 2.05) is 6.92 Å². The molecule has 1 fully saturated rings. The molecule has 1 aliphatic heterocycles. The summed E-state index contributed by atoms with van der Waals surface area (Å²) in [5.74, 6) is -1.69. The standard InChI is InChI=1S/C28H35FN2O9/c1-5-15-36-25-17(2)39-28(34)21(7-6-8-23(25)40-20-11-9-19(29)10-12-20)31-27(33)24-26(38-16-37-18(3)32)22(35-4)13-14-30-24/h9-14,17,21,23,25H,5-8,15-16H2,1-4H3,(H,31,33)/t17-,21-,23-,25-/m0/s1. The average molecular weight is 563 g/mol. The fraction of sp³-hybridized carbons (Fsp3) is 0.500. The lowest BCUT2D eigenvalue weighted by atomic mass is 10.0. The highest BCUT2D eigenvalue weighted by Gasteiger charge is 2.36. The monoisotopic (exact) mass is 562 g/mol. The summed E-state index contributed by atoms with van der Waals surface area (Å²) in [7, 11) is 1.38. The van der Waals surface area contributed by atoms with Crippen LogP contribution >= 0.6 is 0 Å². The van der Waals surface area contributed by atoms with Gasteiger partial charge in [-0.1, -0.05) is 6.92 Å². The molecule has 218 valence electrons. The number of cyclic esters (lactones) is 1. The summed E-state index contributed by atoms with van der Waals surface area (Å²) < 4.78 is 46.8. The third-order valence-electron chi connectivity index (χ3n) is 6.09. The van der Waals surface area contributed by atoms with Gasteiger partial charge >= 0.3 is 11.9 Å². The van der Waals surface area contributed by atoms with Crippen LogP contribution < -0.4 is 19.5 Å². The number of ether oxygens (including phenoxy) is 6. The lowest BCUT2D eigenvalue weighted by molar-refractivity contribution is -0.163. The van der Waals surface area contributed by atoms with Crippen molar-refractivity contribution < 1.29 is 47.2 Å². The molecule has 0 aliphatic carbocycles. The van der Waals surface area contributed by atoms with Crippen LogP contribution in [-0.4, -0.2) is 67.7 Å². The minimum atomic E-state index is -0.999. The Morgan fingerprint density at radius 1 is 1.18 bits per heavy atom. The van der Waals surface area contributed by atoms with Crippen molar-refractivity contribution >= 4 is 17.8 Å². The maximum Gasteiger partial charge on any atom is 0.329 e. The zero-order valence-corrected chi connectivity index (χ0v) is 23.0. The molecule has 1 N–H and O–H groups in total. The van der Waals surface area contributed by atoms with Crippen LogP contribution in [0.2, 0.25) is 0 Å². The van der Waals surface area contributed by atoms with Crippen LogP contribution in [0, 0.1) is 5.82 Å². The van der Waals surface area contributed by atoms with Gasteiger partial charge in [0.25, 0.3) is 5.91 Å². The Labute approximate surface area is 232 Å². The smallest absolute Gasteiger partial charge is 0.329 e. The Bertz CT molecular complexity index is 1150. The van der Waals surface area contributed by atoms with Gasteiger partial charge in [-0.15, -0.1) is 0 Å². The molecule has 12 heteroatoms. The molecule has 1 aromatic heterocycles. The molecular weight excluding hydrogens is 527 g/mol. The van der Waals surface area contributed by atoms with Crippen molar-refractivity contribution in [3.05, 3.63) is 48.0 Å². The molecule has 2 aromatic rings. The van der Waals surface area contributed by atoms with Crippen LogP contribution in [0.25, 0.3) is 0 Å². The first kappa shape index (κ1) is 30.6. The highest BCUT2D eigenvalue weighted by Crippen LogP contribution is 2.30. The molecule has 1 aliphatic rings. The number of nitrogens with one attached hydrogen (secondary N) is 1. The van der Waals surface area contributed by atoms with E-state index in [4.69, 9.17) is 28.4 Å². The molecule has 1 saturated heterocycles. The van der Waals surface area contributed by atoms with Gasteiger partial charge in [0.1, 0.15) is 35.9 Å². The first-order valence-corrected chi connectivity index (χ1v) is 13.1. The quantitative estimate of drug-likeness (QED) is 0.320. The highest BCUT2D eigenvalue weighted by atomic mass is 19.1. The predicted molar refractivity (Wildman–Crippen MR) is 140 cm³/mol. The van der Waals surface area contributed by atoms with Gasteiger partial charge in [-0.05, 0) is 56.9 Å². The average Bonchev–Trinajstić information content (AvgIpc) is 2.97. The molecular formula is C28H35FN2O9. The van der Waals surface area contributed by atoms with Crippen LogP contribution in [0.3, 0.4) is 0 Å². The van der Waals surface area contributed by atoms with E-state index >= 15 is 0 Å². The number of carbonyl (C=O) groups excluding carboxylic acids is 3. The molecule has 0 bridgehead atoms. The van der Waals surface area contributed by atoms with E-state index in [-0.39, 0.29) is 29.4 Å². The zero-order valence-electron chi connectivity index (χ0n) is 23.0. The maximum absolute atomic E-state index is 13.4. The molecule has 0 spiro atoms.